The largest absolute Gasteiger partial charge is 0.510 e. The van der Waals surface area contributed by atoms with Gasteiger partial charge in [0.25, 0.3) is 6.33 Å². The predicted molar refractivity (Wildman–Crippen MR) is 247 cm³/mol. The smallest absolute Gasteiger partial charge is 0.268 e. The molecular weight excluding hydrogens is 940 g/mol. The number of hydrogen-bond acceptors (Lipinski definition) is 2. The van der Waals surface area contributed by atoms with Gasteiger partial charge >= 0.3 is 0 Å². The van der Waals surface area contributed by atoms with E-state index in [4.69, 9.17) is 23.4 Å². The monoisotopic (exact) mass is 989 g/mol. The van der Waals surface area contributed by atoms with Crippen LogP contribution in [0.4, 0.5) is 0 Å². The molecule has 0 atom stereocenters. The second kappa shape index (κ2) is 15.8. The summed E-state index contributed by atoms with van der Waals surface area (Å²) in [5.41, 5.74) is 4.58. The zero-order chi connectivity index (χ0) is 49.8. The van der Waals surface area contributed by atoms with Gasteiger partial charge in [-0.15, -0.1) is 29.7 Å². The van der Waals surface area contributed by atoms with Crippen LogP contribution in [0.25, 0.3) is 83.1 Å². The van der Waals surface area contributed by atoms with Crippen LogP contribution in [0.3, 0.4) is 0 Å². The second-order valence-electron chi connectivity index (χ2n) is 15.8. The molecule has 0 unspecified atom stereocenters. The van der Waals surface area contributed by atoms with E-state index in [2.05, 4.69) is 74.1 Å². The summed E-state index contributed by atoms with van der Waals surface area (Å²) in [6.07, 6.45) is 5.25. The van der Waals surface area contributed by atoms with E-state index >= 15 is 0 Å². The van der Waals surface area contributed by atoms with E-state index in [1.807, 2.05) is 66.9 Å². The molecule has 5 nitrogen and oxygen atoms in total. The molecule has 11 aromatic rings. The molecule has 3 aromatic heterocycles. The van der Waals surface area contributed by atoms with Gasteiger partial charge in [-0.05, 0) is 73.3 Å². The van der Waals surface area contributed by atoms with Crippen molar-refractivity contribution in [3.63, 3.8) is 0 Å². The molecule has 3 heterocycles. The van der Waals surface area contributed by atoms with Gasteiger partial charge < -0.3 is 13.9 Å². The predicted octanol–water partition coefficient (Wildman–Crippen LogP) is 13.4. The van der Waals surface area contributed by atoms with Crippen molar-refractivity contribution in [3.05, 3.63) is 212 Å². The number of pyridine rings is 1. The van der Waals surface area contributed by atoms with Crippen LogP contribution in [-0.4, -0.2) is 14.1 Å². The summed E-state index contributed by atoms with van der Waals surface area (Å²) >= 11 is 0. The van der Waals surface area contributed by atoms with Crippen LogP contribution in [0.2, 0.25) is 0 Å². The summed E-state index contributed by atoms with van der Waals surface area (Å²) in [5, 5.41) is 4.23. The quantitative estimate of drug-likeness (QED) is 0.118. The fraction of sp³-hybridized carbons (Fsp3) is 0.0714. The van der Waals surface area contributed by atoms with Gasteiger partial charge in [0.1, 0.15) is 5.82 Å². The maximum atomic E-state index is 9.01. The molecule has 0 spiro atoms. The van der Waals surface area contributed by atoms with Crippen molar-refractivity contribution in [3.8, 4) is 50.9 Å². The number of rotatable bonds is 7. The van der Waals surface area contributed by atoms with Crippen LogP contribution >= 0.6 is 0 Å². The van der Waals surface area contributed by atoms with E-state index in [1.54, 1.807) is 39.5 Å². The molecule has 0 amide bonds. The van der Waals surface area contributed by atoms with Crippen LogP contribution in [0, 0.1) is 18.5 Å². The molecule has 8 aromatic carbocycles. The SMILES string of the molecule is [2H]c1c([2H])c([2H])c(-c2cccc(-c3c([2H])c([2H])c([2H])c([2H])c3[2H])c2-[n+]2[c-]n(-c3[c-]c(Oc4[c-]c5c(cc4)c4cc6ccccc6cc4n5-c4cc(C(C)(C)C)ccn4)ccc3)c3ccccc32)c([2H])c1[2H].[Pt]. The van der Waals surface area contributed by atoms with Crippen LogP contribution in [0.15, 0.2) is 188 Å². The summed E-state index contributed by atoms with van der Waals surface area (Å²) in [4.78, 5) is 4.87. The molecule has 6 heteroatoms. The van der Waals surface area contributed by atoms with Crippen LogP contribution in [-0.2, 0) is 26.5 Å². The van der Waals surface area contributed by atoms with Crippen LogP contribution in [0.5, 0.6) is 11.5 Å². The number of hydrogen-bond donors (Lipinski definition) is 0. The van der Waals surface area contributed by atoms with Crippen molar-refractivity contribution in [1.29, 1.82) is 0 Å². The third-order valence-electron chi connectivity index (χ3n) is 10.9. The van der Waals surface area contributed by atoms with E-state index in [1.165, 1.54) is 0 Å². The van der Waals surface area contributed by atoms with Gasteiger partial charge in [-0.3, -0.25) is 4.57 Å². The number of para-hydroxylation sites is 3. The molecule has 0 radical (unpaired) electrons. The third-order valence-corrected chi connectivity index (χ3v) is 10.9. The number of nitrogens with zero attached hydrogens (tertiary/aromatic N) is 4. The van der Waals surface area contributed by atoms with Crippen LogP contribution < -0.4 is 9.30 Å². The summed E-state index contributed by atoms with van der Waals surface area (Å²) in [6, 6.07) is 39.9. The Morgan fingerprint density at radius 3 is 2.02 bits per heavy atom. The molecule has 0 N–H and O–H groups in total. The van der Waals surface area contributed by atoms with Gasteiger partial charge in [0, 0.05) is 44.3 Å². The maximum Gasteiger partial charge on any atom is 0.268 e. The molecule has 0 saturated carbocycles. The Balaban J connectivity index is 0.00000596. The molecule has 0 aliphatic rings. The zero-order valence-corrected chi connectivity index (χ0v) is 35.9. The summed E-state index contributed by atoms with van der Waals surface area (Å²) < 4.78 is 99.0. The van der Waals surface area contributed by atoms with E-state index in [9.17, 15) is 0 Å². The van der Waals surface area contributed by atoms with Gasteiger partial charge in [0.2, 0.25) is 0 Å². The molecule has 11 rings (SSSR count). The van der Waals surface area contributed by atoms with Crippen molar-refractivity contribution in [2.75, 3.05) is 0 Å². The normalized spacial score (nSPS) is 13.9. The first-order chi connectivity index (χ1) is 34.0. The molecule has 0 aliphatic carbocycles. The zero-order valence-electron chi connectivity index (χ0n) is 43.6. The summed E-state index contributed by atoms with van der Waals surface area (Å²) in [6.45, 7) is 6.52. The van der Waals surface area contributed by atoms with Gasteiger partial charge in [-0.2, -0.15) is 18.2 Å². The molecule has 62 heavy (non-hydrogen) atoms. The van der Waals surface area contributed by atoms with Crippen molar-refractivity contribution >= 4 is 43.6 Å². The minimum absolute atomic E-state index is 0. The minimum atomic E-state index is -0.572. The van der Waals surface area contributed by atoms with Crippen molar-refractivity contribution in [1.82, 2.24) is 14.1 Å². The Hall–Kier alpha value is -7.07. The first-order valence-electron chi connectivity index (χ1n) is 24.8. The molecule has 302 valence electrons. The number of imidazole rings is 1. The Labute approximate surface area is 389 Å². The Morgan fingerprint density at radius 2 is 1.29 bits per heavy atom. The first kappa shape index (κ1) is 29.2. The van der Waals surface area contributed by atoms with Gasteiger partial charge in [0.15, 0.2) is 0 Å². The van der Waals surface area contributed by atoms with Gasteiger partial charge in [-0.1, -0.05) is 160 Å². The molecule has 0 aliphatic heterocycles. The average Bonchev–Trinajstić information content (AvgIpc) is 3.91. The maximum absolute atomic E-state index is 9.01. The number of benzene rings is 8. The molecule has 0 bridgehead atoms. The fourth-order valence-electron chi connectivity index (χ4n) is 8.02. The Kier molecular flexibility index (Phi) is 7.43. The summed E-state index contributed by atoms with van der Waals surface area (Å²) in [7, 11) is 0. The molecular formula is C56H40N4OPt-2. The molecule has 0 fully saturated rings. The standard InChI is InChI=1S/C56H40N4O.Pt/c1-56(2,3)42-30-31-57-54(34-42)60-52-33-41-21-11-10-20-40(41)32-49(52)48-29-28-45(36-53(48)60)61-44-23-14-22-43(35-44)58-37-59(51-27-13-12-26-50(51)58)55-46(38-16-6-4-7-17-38)24-15-25-47(55)39-18-8-5-9-19-39;/h4-34H,1-3H3;/q-2;/i4D,5D,6D,7D,8D,9D,16D,17D,18D,19D;. The second-order valence-corrected chi connectivity index (χ2v) is 15.8. The van der Waals surface area contributed by atoms with E-state index in [0.717, 1.165) is 44.0 Å². The van der Waals surface area contributed by atoms with Crippen molar-refractivity contribution < 1.29 is 44.1 Å². The topological polar surface area (TPSA) is 35.9 Å². The molecule has 0 saturated heterocycles. The van der Waals surface area contributed by atoms with Crippen molar-refractivity contribution in [2.45, 2.75) is 26.2 Å². The Morgan fingerprint density at radius 1 is 0.629 bits per heavy atom. The fourth-order valence-corrected chi connectivity index (χ4v) is 8.02. The van der Waals surface area contributed by atoms with Crippen molar-refractivity contribution in [2.24, 2.45) is 0 Å². The first-order valence-corrected chi connectivity index (χ1v) is 19.8. The van der Waals surface area contributed by atoms with E-state index in [-0.39, 0.29) is 54.4 Å². The van der Waals surface area contributed by atoms with Crippen LogP contribution in [0.1, 0.15) is 40.0 Å². The van der Waals surface area contributed by atoms with E-state index < -0.39 is 60.4 Å². The van der Waals surface area contributed by atoms with Gasteiger partial charge in [-0.25, -0.2) is 4.98 Å². The Bertz CT molecular complexity index is 3910. The number of aromatic nitrogens is 4. The average molecular weight is 990 g/mol. The summed E-state index contributed by atoms with van der Waals surface area (Å²) in [5.74, 6) is 1.54. The minimum Gasteiger partial charge on any atom is -0.510 e. The number of ether oxygens (including phenoxy) is 1. The van der Waals surface area contributed by atoms with E-state index in [0.29, 0.717) is 28.2 Å². The third kappa shape index (κ3) is 6.89. The number of fused-ring (bicyclic) bond motifs is 5. The van der Waals surface area contributed by atoms with Gasteiger partial charge in [0.05, 0.1) is 30.4 Å².